The Morgan fingerprint density at radius 3 is 2.69 bits per heavy atom. The Hall–Kier alpha value is -2.23. The van der Waals surface area contributed by atoms with Gasteiger partial charge in [0.25, 0.3) is 0 Å². The number of nitrogens with one attached hydrogen (secondary N) is 2. The van der Waals surface area contributed by atoms with Crippen LogP contribution in [-0.2, 0) is 32.7 Å². The molecular weight excluding hydrogens is 445 g/mol. The molecule has 3 rings (SSSR count). The van der Waals surface area contributed by atoms with Gasteiger partial charge in [-0.15, -0.1) is 0 Å². The van der Waals surface area contributed by atoms with Crippen LogP contribution in [0.25, 0.3) is 5.69 Å². The summed E-state index contributed by atoms with van der Waals surface area (Å²) in [5.74, 6) is 0.548. The van der Waals surface area contributed by atoms with E-state index in [2.05, 4.69) is 44.6 Å². The molecule has 1 radical (unpaired) electrons. The Morgan fingerprint density at radius 2 is 2.03 bits per heavy atom. The zero-order valence-electron chi connectivity index (χ0n) is 16.1. The summed E-state index contributed by atoms with van der Waals surface area (Å²) in [6.45, 7) is 9.19. The molecule has 0 bridgehead atoms. The fraction of sp³-hybridized carbons (Fsp3) is 0.211. The molecule has 1 aromatic carbocycles. The molecule has 2 aromatic heterocycles. The largest absolute Gasteiger partial charge is 0.380 e. The summed E-state index contributed by atoms with van der Waals surface area (Å²) < 4.78 is 0. The smallest absolute Gasteiger partial charge is 0.222 e. The maximum atomic E-state index is 12.0. The Morgan fingerprint density at radius 1 is 1.31 bits per heavy atom. The standard InChI is InChI=1S/C19H22N8O.Y/c1-4-17(20)12(2)24-19-21-11-16(13(3)28)18(26-19)25-14-6-5-7-15(10-14)27-22-8-9-23-27;/h5-12,17H,1-2,4,20H2,3H3,(H2,21,24,25,26);/q-2;/t12-,17+;/m1./s1. The second kappa shape index (κ2) is 10.5. The van der Waals surface area contributed by atoms with Crippen LogP contribution in [0.2, 0.25) is 0 Å². The van der Waals surface area contributed by atoms with E-state index >= 15 is 0 Å². The van der Waals surface area contributed by atoms with Crippen LogP contribution < -0.4 is 16.4 Å². The van der Waals surface area contributed by atoms with Crippen molar-refractivity contribution in [2.75, 3.05) is 10.6 Å². The van der Waals surface area contributed by atoms with Crippen molar-refractivity contribution in [1.82, 2.24) is 25.0 Å². The number of rotatable bonds is 8. The van der Waals surface area contributed by atoms with Crippen LogP contribution in [0.5, 0.6) is 0 Å². The molecule has 0 fully saturated rings. The minimum Gasteiger partial charge on any atom is -0.380 e. The van der Waals surface area contributed by atoms with Crippen LogP contribution in [0, 0.1) is 13.8 Å². The minimum absolute atomic E-state index is 0. The van der Waals surface area contributed by atoms with Crippen molar-refractivity contribution in [1.29, 1.82) is 0 Å². The topological polar surface area (TPSA) is 124 Å². The van der Waals surface area contributed by atoms with E-state index in [1.807, 2.05) is 24.3 Å². The van der Waals surface area contributed by atoms with E-state index in [0.717, 1.165) is 11.4 Å². The predicted molar refractivity (Wildman–Crippen MR) is 107 cm³/mol. The summed E-state index contributed by atoms with van der Waals surface area (Å²) in [6, 6.07) is 6.87. The third-order valence-corrected chi connectivity index (χ3v) is 4.09. The number of benzene rings is 1. The Balaban J connectivity index is 0.00000300. The average Bonchev–Trinajstić information content (AvgIpc) is 3.22. The predicted octanol–water partition coefficient (Wildman–Crippen LogP) is 2.17. The van der Waals surface area contributed by atoms with Gasteiger partial charge in [0.05, 0.1) is 23.6 Å². The van der Waals surface area contributed by atoms with Crippen molar-refractivity contribution >= 4 is 23.2 Å². The quantitative estimate of drug-likeness (QED) is 0.340. The molecule has 29 heavy (non-hydrogen) atoms. The molecular formula is C19H22N8OY-2. The number of Topliss-reactive ketones (excluding diaryl/α,β-unsaturated/α-hetero) is 1. The van der Waals surface area contributed by atoms with Crippen LogP contribution in [0.4, 0.5) is 17.5 Å². The van der Waals surface area contributed by atoms with Crippen molar-refractivity contribution in [3.8, 4) is 5.69 Å². The number of aromatic nitrogens is 5. The summed E-state index contributed by atoms with van der Waals surface area (Å²) in [5.41, 5.74) is 7.80. The van der Waals surface area contributed by atoms with E-state index in [-0.39, 0.29) is 50.6 Å². The van der Waals surface area contributed by atoms with E-state index in [4.69, 9.17) is 5.73 Å². The van der Waals surface area contributed by atoms with E-state index in [1.165, 1.54) is 17.9 Å². The number of ketones is 1. The molecule has 0 saturated heterocycles. The first-order valence-corrected chi connectivity index (χ1v) is 8.74. The zero-order valence-corrected chi connectivity index (χ0v) is 19.0. The molecule has 2 atom stereocenters. The van der Waals surface area contributed by atoms with Gasteiger partial charge in [0.2, 0.25) is 5.95 Å². The molecule has 0 spiro atoms. The summed E-state index contributed by atoms with van der Waals surface area (Å²) in [7, 11) is 0. The fourth-order valence-electron chi connectivity index (χ4n) is 2.47. The zero-order chi connectivity index (χ0) is 20.1. The van der Waals surface area contributed by atoms with Crippen molar-refractivity contribution in [3.63, 3.8) is 0 Å². The van der Waals surface area contributed by atoms with Crippen molar-refractivity contribution in [2.24, 2.45) is 5.73 Å². The first kappa shape index (κ1) is 23.1. The van der Waals surface area contributed by atoms with Gasteiger partial charge < -0.3 is 30.2 Å². The number of carbonyl (C=O) groups excluding carboxylic acids is 1. The summed E-state index contributed by atoms with van der Waals surface area (Å²) >= 11 is 0. The van der Waals surface area contributed by atoms with Gasteiger partial charge in [0.15, 0.2) is 5.78 Å². The molecule has 149 valence electrons. The van der Waals surface area contributed by atoms with Gasteiger partial charge in [-0.1, -0.05) is 12.1 Å². The monoisotopic (exact) mass is 467 g/mol. The van der Waals surface area contributed by atoms with Crippen molar-refractivity contribution in [2.45, 2.75) is 25.4 Å². The van der Waals surface area contributed by atoms with Crippen molar-refractivity contribution in [3.05, 3.63) is 62.3 Å². The summed E-state index contributed by atoms with van der Waals surface area (Å²) in [6.07, 6.45) is 5.19. The Labute approximate surface area is 194 Å². The first-order valence-electron chi connectivity index (χ1n) is 8.74. The number of nitrogens with two attached hydrogens (primary N) is 1. The molecule has 10 heteroatoms. The molecule has 3 aromatic rings. The average molecular weight is 467 g/mol. The first-order chi connectivity index (χ1) is 13.5. The molecule has 0 amide bonds. The maximum absolute atomic E-state index is 12.0. The Bertz CT molecular complexity index is 947. The van der Waals surface area contributed by atoms with Gasteiger partial charge in [0, 0.05) is 44.6 Å². The van der Waals surface area contributed by atoms with Gasteiger partial charge in [-0.2, -0.15) is 26.4 Å². The van der Waals surface area contributed by atoms with Crippen molar-refractivity contribution < 1.29 is 37.5 Å². The van der Waals surface area contributed by atoms with Crippen LogP contribution >= 0.6 is 0 Å². The molecule has 0 saturated carbocycles. The van der Waals surface area contributed by atoms with Crippen LogP contribution in [0.15, 0.2) is 42.9 Å². The van der Waals surface area contributed by atoms with Gasteiger partial charge in [-0.25, -0.2) is 4.98 Å². The summed E-state index contributed by atoms with van der Waals surface area (Å²) in [5, 5.41) is 14.4. The maximum Gasteiger partial charge on any atom is 0.222 e. The summed E-state index contributed by atoms with van der Waals surface area (Å²) in [4.78, 5) is 22.1. The fourth-order valence-corrected chi connectivity index (χ4v) is 2.47. The molecule has 0 unspecified atom stereocenters. The second-order valence-electron chi connectivity index (χ2n) is 6.21. The SMILES string of the molecule is [CH2-]C[C@H](N)[C@@H]([CH2-])Nc1ncc(C(C)=O)c(Nc2cccc(-n3nccn3)c2)n1.[Y]. The molecule has 4 N–H and O–H groups in total. The number of anilines is 3. The van der Waals surface area contributed by atoms with Gasteiger partial charge in [-0.3, -0.25) is 4.79 Å². The number of hydrogen-bond donors (Lipinski definition) is 3. The molecule has 0 aliphatic heterocycles. The van der Waals surface area contributed by atoms with E-state index < -0.39 is 0 Å². The molecule has 0 aliphatic carbocycles. The number of hydrogen-bond acceptors (Lipinski definition) is 8. The van der Waals surface area contributed by atoms with Crippen LogP contribution in [0.3, 0.4) is 0 Å². The van der Waals surface area contributed by atoms with Gasteiger partial charge in [-0.05, 0) is 31.2 Å². The van der Waals surface area contributed by atoms with Gasteiger partial charge >= 0.3 is 0 Å². The third kappa shape index (κ3) is 5.88. The van der Waals surface area contributed by atoms with Gasteiger partial charge in [0.1, 0.15) is 5.82 Å². The molecule has 9 nitrogen and oxygen atoms in total. The normalized spacial score (nSPS) is 12.6. The molecule has 0 aliphatic rings. The Kier molecular flexibility index (Phi) is 8.37. The van der Waals surface area contributed by atoms with E-state index in [0.29, 0.717) is 23.8 Å². The van der Waals surface area contributed by atoms with Crippen LogP contribution in [0.1, 0.15) is 23.7 Å². The number of nitrogens with zero attached hydrogens (tertiary/aromatic N) is 5. The number of carbonyl (C=O) groups is 1. The second-order valence-corrected chi connectivity index (χ2v) is 6.21. The van der Waals surface area contributed by atoms with E-state index in [9.17, 15) is 4.79 Å². The third-order valence-electron chi connectivity index (χ3n) is 4.09. The molecule has 2 heterocycles. The van der Waals surface area contributed by atoms with E-state index in [1.54, 1.807) is 12.4 Å². The minimum atomic E-state index is -0.317. The van der Waals surface area contributed by atoms with Crippen LogP contribution in [-0.4, -0.2) is 42.8 Å².